The molecule has 1 unspecified atom stereocenters. The molecule has 126 valence electrons. The molecule has 4 heteroatoms. The quantitative estimate of drug-likeness (QED) is 0.685. The van der Waals surface area contributed by atoms with Crippen molar-refractivity contribution >= 4 is 5.97 Å². The van der Waals surface area contributed by atoms with E-state index in [1.807, 2.05) is 30.4 Å². The van der Waals surface area contributed by atoms with Crippen LogP contribution in [0, 0.1) is 0 Å². The van der Waals surface area contributed by atoms with Gasteiger partial charge in [0.1, 0.15) is 5.60 Å². The van der Waals surface area contributed by atoms with Crippen LogP contribution in [0.1, 0.15) is 45.7 Å². The number of esters is 1. The number of benzene rings is 1. The second-order valence-corrected chi connectivity index (χ2v) is 7.01. The first-order chi connectivity index (χ1) is 10.8. The zero-order valence-electron chi connectivity index (χ0n) is 14.4. The van der Waals surface area contributed by atoms with Gasteiger partial charge in [0.2, 0.25) is 0 Å². The van der Waals surface area contributed by atoms with Crippen LogP contribution in [-0.4, -0.2) is 40.3 Å². The summed E-state index contributed by atoms with van der Waals surface area (Å²) in [5.41, 5.74) is 0.566. The smallest absolute Gasteiger partial charge is 0.337 e. The lowest BCUT2D eigenvalue weighted by molar-refractivity contribution is -0.168. The number of carbonyl (C=O) groups is 1. The van der Waals surface area contributed by atoms with Crippen LogP contribution in [0.25, 0.3) is 0 Å². The molecule has 0 saturated carbocycles. The summed E-state index contributed by atoms with van der Waals surface area (Å²) in [6.07, 6.45) is 3.66. The summed E-state index contributed by atoms with van der Waals surface area (Å²) in [6, 6.07) is 9.88. The van der Waals surface area contributed by atoms with Crippen LogP contribution in [0.4, 0.5) is 0 Å². The molecule has 0 saturated heterocycles. The Kier molecular flexibility index (Phi) is 5.60. The Morgan fingerprint density at radius 2 is 1.96 bits per heavy atom. The van der Waals surface area contributed by atoms with Crippen LogP contribution in [-0.2, 0) is 9.53 Å². The van der Waals surface area contributed by atoms with Gasteiger partial charge in [-0.05, 0) is 39.7 Å². The summed E-state index contributed by atoms with van der Waals surface area (Å²) in [5.74, 6) is -0.570. The Labute approximate surface area is 138 Å². The molecule has 0 radical (unpaired) electrons. The van der Waals surface area contributed by atoms with Crippen molar-refractivity contribution in [3.05, 3.63) is 48.0 Å². The molecule has 1 aromatic rings. The van der Waals surface area contributed by atoms with Gasteiger partial charge >= 0.3 is 5.97 Å². The second-order valence-electron chi connectivity index (χ2n) is 7.01. The zero-order valence-corrected chi connectivity index (χ0v) is 14.4. The minimum atomic E-state index is -1.18. The molecule has 1 aliphatic heterocycles. The SMILES string of the molecule is C[C@H](c1ccccc1)N1CCC=CC1[C@@H](O)C(=O)OC(C)(C)C. The van der Waals surface area contributed by atoms with Crippen LogP contribution < -0.4 is 0 Å². The van der Waals surface area contributed by atoms with Crippen LogP contribution in [0.15, 0.2) is 42.5 Å². The highest BCUT2D eigenvalue weighted by Gasteiger charge is 2.36. The molecule has 0 aromatic heterocycles. The summed E-state index contributed by atoms with van der Waals surface area (Å²) in [4.78, 5) is 14.4. The van der Waals surface area contributed by atoms with Crippen LogP contribution in [0.5, 0.6) is 0 Å². The van der Waals surface area contributed by atoms with E-state index in [1.54, 1.807) is 20.8 Å². The van der Waals surface area contributed by atoms with E-state index < -0.39 is 17.7 Å². The molecule has 23 heavy (non-hydrogen) atoms. The average Bonchev–Trinajstić information content (AvgIpc) is 2.52. The minimum absolute atomic E-state index is 0.114. The van der Waals surface area contributed by atoms with Crippen molar-refractivity contribution in [3.8, 4) is 0 Å². The first-order valence-electron chi connectivity index (χ1n) is 8.18. The number of ether oxygens (including phenoxy) is 1. The fourth-order valence-electron chi connectivity index (χ4n) is 2.88. The first-order valence-corrected chi connectivity index (χ1v) is 8.18. The molecule has 1 aromatic carbocycles. The maximum Gasteiger partial charge on any atom is 0.337 e. The van der Waals surface area contributed by atoms with Crippen molar-refractivity contribution in [2.75, 3.05) is 6.54 Å². The minimum Gasteiger partial charge on any atom is -0.458 e. The van der Waals surface area contributed by atoms with Crippen molar-refractivity contribution in [2.45, 2.75) is 57.9 Å². The topological polar surface area (TPSA) is 49.8 Å². The number of hydrogen-bond donors (Lipinski definition) is 1. The molecular formula is C19H27NO3. The van der Waals surface area contributed by atoms with Gasteiger partial charge in [0.15, 0.2) is 6.10 Å². The van der Waals surface area contributed by atoms with Gasteiger partial charge in [0, 0.05) is 12.6 Å². The standard InChI is InChI=1S/C19H27NO3/c1-14(15-10-6-5-7-11-15)20-13-9-8-12-16(20)17(21)18(22)23-19(2,3)4/h5-8,10-12,14,16-17,21H,9,13H2,1-4H3/t14-,16?,17-/m1/s1. The lowest BCUT2D eigenvalue weighted by Crippen LogP contribution is -2.50. The van der Waals surface area contributed by atoms with Gasteiger partial charge in [-0.25, -0.2) is 4.79 Å². The Balaban J connectivity index is 2.16. The highest BCUT2D eigenvalue weighted by atomic mass is 16.6. The number of nitrogens with zero attached hydrogens (tertiary/aromatic N) is 1. The van der Waals surface area contributed by atoms with E-state index >= 15 is 0 Å². The van der Waals surface area contributed by atoms with E-state index in [0.717, 1.165) is 13.0 Å². The Hall–Kier alpha value is -1.65. The molecule has 4 nitrogen and oxygen atoms in total. The molecule has 1 N–H and O–H groups in total. The molecule has 0 amide bonds. The normalized spacial score (nSPS) is 21.7. The number of hydrogen-bond acceptors (Lipinski definition) is 4. The fraction of sp³-hybridized carbons (Fsp3) is 0.526. The lowest BCUT2D eigenvalue weighted by atomic mass is 9.98. The Bertz CT molecular complexity index is 547. The summed E-state index contributed by atoms with van der Waals surface area (Å²) >= 11 is 0. The van der Waals surface area contributed by atoms with Crippen LogP contribution in [0.2, 0.25) is 0 Å². The average molecular weight is 317 g/mol. The van der Waals surface area contributed by atoms with Crippen molar-refractivity contribution in [1.82, 2.24) is 4.90 Å². The van der Waals surface area contributed by atoms with Crippen LogP contribution >= 0.6 is 0 Å². The van der Waals surface area contributed by atoms with Gasteiger partial charge in [-0.1, -0.05) is 42.5 Å². The first kappa shape index (κ1) is 17.7. The number of rotatable bonds is 4. The fourth-order valence-corrected chi connectivity index (χ4v) is 2.88. The van der Waals surface area contributed by atoms with E-state index in [-0.39, 0.29) is 12.1 Å². The van der Waals surface area contributed by atoms with Gasteiger partial charge in [-0.2, -0.15) is 0 Å². The highest BCUT2D eigenvalue weighted by molar-refractivity contribution is 5.76. The third kappa shape index (κ3) is 4.66. The largest absolute Gasteiger partial charge is 0.458 e. The summed E-state index contributed by atoms with van der Waals surface area (Å²) in [6.45, 7) is 8.32. The molecule has 0 aliphatic carbocycles. The second kappa shape index (κ2) is 7.28. The molecule has 1 heterocycles. The molecule has 0 bridgehead atoms. The number of aliphatic hydroxyl groups excluding tert-OH is 1. The van der Waals surface area contributed by atoms with Crippen molar-refractivity contribution < 1.29 is 14.6 Å². The van der Waals surface area contributed by atoms with E-state index in [0.29, 0.717) is 0 Å². The molecular weight excluding hydrogens is 290 g/mol. The van der Waals surface area contributed by atoms with Gasteiger partial charge < -0.3 is 9.84 Å². The molecule has 3 atom stereocenters. The van der Waals surface area contributed by atoms with E-state index in [9.17, 15) is 9.90 Å². The predicted molar refractivity (Wildman–Crippen MR) is 91.0 cm³/mol. The summed E-state index contributed by atoms with van der Waals surface area (Å²) < 4.78 is 5.34. The van der Waals surface area contributed by atoms with Crippen molar-refractivity contribution in [3.63, 3.8) is 0 Å². The van der Waals surface area contributed by atoms with Gasteiger partial charge in [-0.3, -0.25) is 4.90 Å². The number of carbonyl (C=O) groups excluding carboxylic acids is 1. The number of aliphatic hydroxyl groups is 1. The zero-order chi connectivity index (χ0) is 17.0. The molecule has 0 fully saturated rings. The van der Waals surface area contributed by atoms with E-state index in [2.05, 4.69) is 24.0 Å². The molecule has 1 aliphatic rings. The van der Waals surface area contributed by atoms with E-state index in [4.69, 9.17) is 4.74 Å². The monoisotopic (exact) mass is 317 g/mol. The Morgan fingerprint density at radius 1 is 1.30 bits per heavy atom. The summed E-state index contributed by atoms with van der Waals surface area (Å²) in [5, 5.41) is 10.5. The predicted octanol–water partition coefficient (Wildman–Crippen LogP) is 3.08. The molecule has 2 rings (SSSR count). The van der Waals surface area contributed by atoms with Gasteiger partial charge in [0.25, 0.3) is 0 Å². The highest BCUT2D eigenvalue weighted by Crippen LogP contribution is 2.27. The lowest BCUT2D eigenvalue weighted by Gasteiger charge is -2.39. The third-order valence-electron chi connectivity index (χ3n) is 4.02. The maximum absolute atomic E-state index is 12.2. The van der Waals surface area contributed by atoms with E-state index in [1.165, 1.54) is 5.56 Å². The van der Waals surface area contributed by atoms with Crippen LogP contribution in [0.3, 0.4) is 0 Å². The van der Waals surface area contributed by atoms with Gasteiger partial charge in [0.05, 0.1) is 6.04 Å². The Morgan fingerprint density at radius 3 is 2.57 bits per heavy atom. The maximum atomic E-state index is 12.2. The van der Waals surface area contributed by atoms with Crippen molar-refractivity contribution in [2.24, 2.45) is 0 Å². The summed E-state index contributed by atoms with van der Waals surface area (Å²) in [7, 11) is 0. The van der Waals surface area contributed by atoms with Crippen molar-refractivity contribution in [1.29, 1.82) is 0 Å². The third-order valence-corrected chi connectivity index (χ3v) is 4.02. The van der Waals surface area contributed by atoms with Gasteiger partial charge in [-0.15, -0.1) is 0 Å². The molecule has 0 spiro atoms.